The Morgan fingerprint density at radius 3 is 2.38 bits per heavy atom. The van der Waals surface area contributed by atoms with Gasteiger partial charge in [-0.25, -0.2) is 0 Å². The van der Waals surface area contributed by atoms with E-state index < -0.39 is 0 Å². The van der Waals surface area contributed by atoms with Gasteiger partial charge < -0.3 is 9.84 Å². The van der Waals surface area contributed by atoms with Crippen LogP contribution in [0.3, 0.4) is 0 Å². The zero-order valence-corrected chi connectivity index (χ0v) is 16.0. The van der Waals surface area contributed by atoms with E-state index in [1.807, 2.05) is 0 Å². The zero-order chi connectivity index (χ0) is 18.0. The van der Waals surface area contributed by atoms with Crippen molar-refractivity contribution in [1.29, 1.82) is 0 Å². The van der Waals surface area contributed by atoms with Crippen LogP contribution in [-0.4, -0.2) is 24.3 Å². The highest BCUT2D eigenvalue weighted by molar-refractivity contribution is 5.69. The summed E-state index contributed by atoms with van der Waals surface area (Å²) in [4.78, 5) is 11.4. The van der Waals surface area contributed by atoms with Crippen LogP contribution < -0.4 is 0 Å². The highest BCUT2D eigenvalue weighted by Crippen LogP contribution is 2.16. The van der Waals surface area contributed by atoms with E-state index >= 15 is 0 Å². The third kappa shape index (κ3) is 15.8. The molecular weight excluding hydrogens is 300 g/mol. The van der Waals surface area contributed by atoms with Crippen molar-refractivity contribution in [2.75, 3.05) is 13.2 Å². The normalized spacial score (nSPS) is 13.2. The number of carbonyl (C=O) groups excluding carboxylic acids is 1. The fourth-order valence-corrected chi connectivity index (χ4v) is 2.51. The quantitative estimate of drug-likeness (QED) is 0.246. The molecule has 0 saturated heterocycles. The maximum Gasteiger partial charge on any atom is 0.305 e. The van der Waals surface area contributed by atoms with Crippen LogP contribution in [0.1, 0.15) is 78.6 Å². The number of hydrogen-bond donors (Lipinski definition) is 1. The lowest BCUT2D eigenvalue weighted by Gasteiger charge is -2.11. The second-order valence-electron chi connectivity index (χ2n) is 6.84. The van der Waals surface area contributed by atoms with Crippen molar-refractivity contribution in [3.63, 3.8) is 0 Å². The van der Waals surface area contributed by atoms with Crippen LogP contribution in [0.15, 0.2) is 24.3 Å². The standard InChI is InChI=1S/C21H38O3/c1-4-5-6-7-8-13-20(18-19(2)3)14-10-12-17-24-21(23)15-9-11-16-22/h8,10,13-14,19-20,22H,4-7,9,11-12,15-18H2,1-3H3/b13-8-,14-10-/t20-/m1/s1. The summed E-state index contributed by atoms with van der Waals surface area (Å²) in [5.74, 6) is 0.988. The molecule has 0 heterocycles. The summed E-state index contributed by atoms with van der Waals surface area (Å²) in [6.07, 6.45) is 17.7. The fraction of sp³-hybridized carbons (Fsp3) is 0.762. The lowest BCUT2D eigenvalue weighted by molar-refractivity contribution is -0.143. The van der Waals surface area contributed by atoms with Gasteiger partial charge in [0, 0.05) is 13.0 Å². The molecule has 0 radical (unpaired) electrons. The molecular formula is C21H38O3. The lowest BCUT2D eigenvalue weighted by Crippen LogP contribution is -2.05. The van der Waals surface area contributed by atoms with E-state index in [-0.39, 0.29) is 12.6 Å². The van der Waals surface area contributed by atoms with Gasteiger partial charge in [-0.3, -0.25) is 4.79 Å². The molecule has 0 aromatic heterocycles. The van der Waals surface area contributed by atoms with Crippen LogP contribution in [0.25, 0.3) is 0 Å². The SMILES string of the molecule is CCCCC/C=C\[C@H](/C=C\CCOC(=O)CCCCO)CC(C)C. The predicted octanol–water partition coefficient (Wildman–Crippen LogP) is 5.44. The number of esters is 1. The lowest BCUT2D eigenvalue weighted by atomic mass is 9.95. The summed E-state index contributed by atoms with van der Waals surface area (Å²) >= 11 is 0. The number of aliphatic hydroxyl groups excluding tert-OH is 1. The minimum Gasteiger partial charge on any atom is -0.465 e. The Morgan fingerprint density at radius 1 is 1.04 bits per heavy atom. The van der Waals surface area contributed by atoms with E-state index in [9.17, 15) is 4.79 Å². The largest absolute Gasteiger partial charge is 0.465 e. The van der Waals surface area contributed by atoms with Crippen molar-refractivity contribution in [2.45, 2.75) is 78.6 Å². The maximum absolute atomic E-state index is 11.4. The van der Waals surface area contributed by atoms with E-state index in [0.717, 1.165) is 12.8 Å². The highest BCUT2D eigenvalue weighted by atomic mass is 16.5. The van der Waals surface area contributed by atoms with Crippen LogP contribution in [0.5, 0.6) is 0 Å². The van der Waals surface area contributed by atoms with E-state index in [4.69, 9.17) is 9.84 Å². The van der Waals surface area contributed by atoms with E-state index in [1.54, 1.807) is 0 Å². The molecule has 140 valence electrons. The summed E-state index contributed by atoms with van der Waals surface area (Å²) in [5, 5.41) is 8.68. The summed E-state index contributed by atoms with van der Waals surface area (Å²) in [6.45, 7) is 7.32. The molecule has 0 aromatic rings. The first-order valence-corrected chi connectivity index (χ1v) is 9.69. The molecule has 0 aliphatic carbocycles. The molecule has 0 aliphatic heterocycles. The third-order valence-corrected chi connectivity index (χ3v) is 3.82. The van der Waals surface area contributed by atoms with Gasteiger partial charge in [0.15, 0.2) is 0 Å². The molecule has 0 fully saturated rings. The van der Waals surface area contributed by atoms with E-state index in [2.05, 4.69) is 45.1 Å². The summed E-state index contributed by atoms with van der Waals surface area (Å²) in [5.41, 5.74) is 0. The maximum atomic E-state index is 11.4. The van der Waals surface area contributed by atoms with Crippen LogP contribution in [-0.2, 0) is 9.53 Å². The minimum absolute atomic E-state index is 0.138. The predicted molar refractivity (Wildman–Crippen MR) is 102 cm³/mol. The average Bonchev–Trinajstić information content (AvgIpc) is 2.53. The topological polar surface area (TPSA) is 46.5 Å². The van der Waals surface area contributed by atoms with Crippen molar-refractivity contribution < 1.29 is 14.6 Å². The van der Waals surface area contributed by atoms with E-state index in [0.29, 0.717) is 37.7 Å². The van der Waals surface area contributed by atoms with E-state index in [1.165, 1.54) is 25.7 Å². The number of unbranched alkanes of at least 4 members (excludes halogenated alkanes) is 4. The smallest absolute Gasteiger partial charge is 0.305 e. The molecule has 0 aliphatic rings. The van der Waals surface area contributed by atoms with Crippen molar-refractivity contribution in [3.05, 3.63) is 24.3 Å². The Balaban J connectivity index is 4.01. The molecule has 0 spiro atoms. The van der Waals surface area contributed by atoms with Gasteiger partial charge in [-0.05, 0) is 50.4 Å². The monoisotopic (exact) mass is 338 g/mol. The molecule has 1 atom stereocenters. The Bertz CT molecular complexity index is 345. The van der Waals surface area contributed by atoms with Gasteiger partial charge in [0.25, 0.3) is 0 Å². The first-order valence-electron chi connectivity index (χ1n) is 9.69. The first-order chi connectivity index (χ1) is 11.6. The van der Waals surface area contributed by atoms with Gasteiger partial charge in [-0.1, -0.05) is 57.9 Å². The highest BCUT2D eigenvalue weighted by Gasteiger charge is 2.04. The Kier molecular flexibility index (Phi) is 16.0. The van der Waals surface area contributed by atoms with Gasteiger partial charge in [0.2, 0.25) is 0 Å². The zero-order valence-electron chi connectivity index (χ0n) is 16.0. The number of carbonyl (C=O) groups is 1. The number of ether oxygens (including phenoxy) is 1. The first kappa shape index (κ1) is 22.9. The molecule has 1 N–H and O–H groups in total. The number of allylic oxidation sites excluding steroid dienone is 3. The van der Waals surface area contributed by atoms with Gasteiger partial charge in [-0.15, -0.1) is 0 Å². The number of rotatable bonds is 15. The van der Waals surface area contributed by atoms with Gasteiger partial charge in [-0.2, -0.15) is 0 Å². The molecule has 0 bridgehead atoms. The molecule has 0 amide bonds. The average molecular weight is 339 g/mol. The van der Waals surface area contributed by atoms with Crippen LogP contribution in [0.2, 0.25) is 0 Å². The third-order valence-electron chi connectivity index (χ3n) is 3.82. The molecule has 0 unspecified atom stereocenters. The van der Waals surface area contributed by atoms with Gasteiger partial charge >= 0.3 is 5.97 Å². The molecule has 0 aromatic carbocycles. The van der Waals surface area contributed by atoms with Gasteiger partial charge in [0.05, 0.1) is 6.61 Å². The minimum atomic E-state index is -0.161. The van der Waals surface area contributed by atoms with Crippen LogP contribution >= 0.6 is 0 Å². The fourth-order valence-electron chi connectivity index (χ4n) is 2.51. The molecule has 24 heavy (non-hydrogen) atoms. The molecule has 0 rings (SSSR count). The molecule has 3 nitrogen and oxygen atoms in total. The summed E-state index contributed by atoms with van der Waals surface area (Å²) < 4.78 is 5.19. The number of aliphatic hydroxyl groups is 1. The second-order valence-corrected chi connectivity index (χ2v) is 6.84. The second kappa shape index (κ2) is 16.8. The Labute approximate surface area is 149 Å². The summed E-state index contributed by atoms with van der Waals surface area (Å²) in [7, 11) is 0. The van der Waals surface area contributed by atoms with Crippen molar-refractivity contribution in [2.24, 2.45) is 11.8 Å². The van der Waals surface area contributed by atoms with Crippen LogP contribution in [0.4, 0.5) is 0 Å². The van der Waals surface area contributed by atoms with Crippen molar-refractivity contribution >= 4 is 5.97 Å². The summed E-state index contributed by atoms with van der Waals surface area (Å²) in [6, 6.07) is 0. The Hall–Kier alpha value is -1.09. The number of hydrogen-bond acceptors (Lipinski definition) is 3. The van der Waals surface area contributed by atoms with Gasteiger partial charge in [0.1, 0.15) is 0 Å². The molecule has 0 saturated carbocycles. The van der Waals surface area contributed by atoms with Crippen LogP contribution in [0, 0.1) is 11.8 Å². The van der Waals surface area contributed by atoms with Crippen molar-refractivity contribution in [3.8, 4) is 0 Å². The molecule has 3 heteroatoms. The van der Waals surface area contributed by atoms with Crippen molar-refractivity contribution in [1.82, 2.24) is 0 Å². The Morgan fingerprint density at radius 2 is 1.75 bits per heavy atom.